The maximum Gasteiger partial charge on any atom is 0.320 e. The molecule has 6 rings (SSSR count). The molecule has 10 heteroatoms. The Bertz CT molecular complexity index is 2370. The van der Waals surface area contributed by atoms with Crippen molar-refractivity contribution in [1.82, 2.24) is 9.29 Å². The van der Waals surface area contributed by atoms with E-state index in [1.54, 1.807) is 37.7 Å². The third-order valence-corrected chi connectivity index (χ3v) is 16.5. The summed E-state index contributed by atoms with van der Waals surface area (Å²) in [6.45, 7) is 10.6. The van der Waals surface area contributed by atoms with Gasteiger partial charge in [0.2, 0.25) is 10.0 Å². The van der Waals surface area contributed by atoms with E-state index in [0.29, 0.717) is 23.5 Å². The fourth-order valence-electron chi connectivity index (χ4n) is 6.70. The minimum atomic E-state index is -3.77. The van der Waals surface area contributed by atoms with Crippen LogP contribution in [0.1, 0.15) is 43.0 Å². The van der Waals surface area contributed by atoms with Gasteiger partial charge in [0.25, 0.3) is 0 Å². The quantitative estimate of drug-likeness (QED) is 0.0869. The zero-order valence-corrected chi connectivity index (χ0v) is 33.8. The van der Waals surface area contributed by atoms with E-state index in [9.17, 15) is 8.42 Å². The van der Waals surface area contributed by atoms with Gasteiger partial charge in [0, 0.05) is 42.1 Å². The molecule has 6 aromatic rings. The van der Waals surface area contributed by atoms with Crippen molar-refractivity contribution in [2.75, 3.05) is 14.2 Å². The molecular weight excluding hydrogens is 729 g/mol. The van der Waals surface area contributed by atoms with Crippen LogP contribution >= 0.6 is 11.3 Å². The molecule has 276 valence electrons. The summed E-state index contributed by atoms with van der Waals surface area (Å²) in [5.41, 5.74) is 6.04. The van der Waals surface area contributed by atoms with Crippen LogP contribution in [-0.4, -0.2) is 40.2 Å². The van der Waals surface area contributed by atoms with Crippen molar-refractivity contribution in [2.24, 2.45) is 0 Å². The number of thiazole rings is 1. The number of hydrogen-bond donors (Lipinski definition) is 0. The van der Waals surface area contributed by atoms with Crippen LogP contribution in [0.2, 0.25) is 5.04 Å². The number of nitrogens with zero attached hydrogens (tertiary/aromatic N) is 2. The number of rotatable bonds is 13. The highest BCUT2D eigenvalue weighted by molar-refractivity contribution is 7.91. The normalized spacial score (nSPS) is 11.9. The standard InChI is InChI=1S/C44H44N2O5S2Si/c1-7-53(47,48)46(31-36-24-25-37(49-5)29-40(36)50-6)30-35-19-15-17-33(26-35)16-14-18-34-27-41(43-42(28-34)52-32-45-43)51-54(44(2,3)4,38-20-10-8-11-21-38)39-22-12-9-13-23-39/h7-13,15,17,19-29,32H,1,16,30-31H2,2-6H3. The number of benzene rings is 5. The Morgan fingerprint density at radius 1 is 0.815 bits per heavy atom. The summed E-state index contributed by atoms with van der Waals surface area (Å²) in [4.78, 5) is 4.74. The Morgan fingerprint density at radius 2 is 1.50 bits per heavy atom. The predicted octanol–water partition coefficient (Wildman–Crippen LogP) is 8.32. The monoisotopic (exact) mass is 772 g/mol. The lowest BCUT2D eigenvalue weighted by Crippen LogP contribution is -2.68. The molecule has 1 heterocycles. The number of ether oxygens (including phenoxy) is 2. The van der Waals surface area contributed by atoms with Crippen LogP contribution in [0.15, 0.2) is 133 Å². The lowest BCUT2D eigenvalue weighted by molar-refractivity contribution is 0.371. The van der Waals surface area contributed by atoms with Gasteiger partial charge in [-0.3, -0.25) is 0 Å². The zero-order valence-electron chi connectivity index (χ0n) is 31.2. The van der Waals surface area contributed by atoms with Crippen molar-refractivity contribution in [3.05, 3.63) is 155 Å². The lowest BCUT2D eigenvalue weighted by atomic mass is 10.1. The first-order valence-corrected chi connectivity index (χ1v) is 21.8. The number of fused-ring (bicyclic) bond motifs is 1. The van der Waals surface area contributed by atoms with Gasteiger partial charge in [-0.25, -0.2) is 13.4 Å². The van der Waals surface area contributed by atoms with E-state index < -0.39 is 18.3 Å². The maximum absolute atomic E-state index is 13.2. The summed E-state index contributed by atoms with van der Waals surface area (Å²) in [5, 5.41) is 3.13. The summed E-state index contributed by atoms with van der Waals surface area (Å²) in [6, 6.07) is 38.4. The van der Waals surface area contributed by atoms with E-state index in [0.717, 1.165) is 38.1 Å². The van der Waals surface area contributed by atoms with Crippen molar-refractivity contribution in [2.45, 2.75) is 45.3 Å². The second-order valence-corrected chi connectivity index (χ2v) is 20.9. The van der Waals surface area contributed by atoms with Crippen LogP contribution in [0.25, 0.3) is 10.2 Å². The Hall–Kier alpha value is -5.18. The van der Waals surface area contributed by atoms with Gasteiger partial charge in [0.05, 0.1) is 24.4 Å². The van der Waals surface area contributed by atoms with E-state index in [4.69, 9.17) is 18.9 Å². The molecular formula is C44H44N2O5S2Si. The van der Waals surface area contributed by atoms with Crippen LogP contribution in [-0.2, 0) is 29.5 Å². The summed E-state index contributed by atoms with van der Waals surface area (Å²) in [6.07, 6.45) is 0.472. The van der Waals surface area contributed by atoms with Gasteiger partial charge in [-0.05, 0) is 44.7 Å². The summed E-state index contributed by atoms with van der Waals surface area (Å²) in [7, 11) is -3.55. The fourth-order valence-corrected chi connectivity index (χ4v) is 12.7. The molecule has 0 unspecified atom stereocenters. The van der Waals surface area contributed by atoms with E-state index in [1.165, 1.54) is 14.7 Å². The van der Waals surface area contributed by atoms with E-state index >= 15 is 0 Å². The molecule has 7 nitrogen and oxygen atoms in total. The van der Waals surface area contributed by atoms with Crippen LogP contribution < -0.4 is 24.3 Å². The van der Waals surface area contributed by atoms with Crippen molar-refractivity contribution in [3.8, 4) is 29.1 Å². The first kappa shape index (κ1) is 38.5. The van der Waals surface area contributed by atoms with Gasteiger partial charge in [-0.2, -0.15) is 4.31 Å². The Balaban J connectivity index is 1.29. The molecule has 0 aliphatic rings. The highest BCUT2D eigenvalue weighted by atomic mass is 32.2. The lowest BCUT2D eigenvalue weighted by Gasteiger charge is -2.43. The topological polar surface area (TPSA) is 78.0 Å². The van der Waals surface area contributed by atoms with Gasteiger partial charge >= 0.3 is 8.32 Å². The van der Waals surface area contributed by atoms with E-state index in [1.807, 2.05) is 54.0 Å². The molecule has 0 bridgehead atoms. The number of aromatic nitrogens is 1. The average Bonchev–Trinajstić information content (AvgIpc) is 3.66. The van der Waals surface area contributed by atoms with Gasteiger partial charge in [-0.15, -0.1) is 11.3 Å². The Kier molecular flexibility index (Phi) is 11.7. The van der Waals surface area contributed by atoms with Gasteiger partial charge in [0.1, 0.15) is 22.8 Å². The highest BCUT2D eigenvalue weighted by Gasteiger charge is 2.52. The minimum Gasteiger partial charge on any atom is -0.532 e. The predicted molar refractivity (Wildman–Crippen MR) is 223 cm³/mol. The van der Waals surface area contributed by atoms with E-state index in [-0.39, 0.29) is 18.1 Å². The maximum atomic E-state index is 13.2. The van der Waals surface area contributed by atoms with E-state index in [2.05, 4.69) is 93.8 Å². The van der Waals surface area contributed by atoms with Crippen molar-refractivity contribution < 1.29 is 22.3 Å². The second kappa shape index (κ2) is 16.5. The van der Waals surface area contributed by atoms with Crippen LogP contribution in [0.3, 0.4) is 0 Å². The molecule has 0 atom stereocenters. The molecule has 0 amide bonds. The zero-order chi connectivity index (χ0) is 38.3. The third kappa shape index (κ3) is 8.30. The molecule has 0 fully saturated rings. The third-order valence-electron chi connectivity index (χ3n) is 9.37. The summed E-state index contributed by atoms with van der Waals surface area (Å²) >= 11 is 1.57. The molecule has 0 saturated carbocycles. The Morgan fingerprint density at radius 3 is 2.13 bits per heavy atom. The largest absolute Gasteiger partial charge is 0.532 e. The fraction of sp³-hybridized carbons (Fsp3) is 0.205. The smallest absolute Gasteiger partial charge is 0.320 e. The van der Waals surface area contributed by atoms with Crippen LogP contribution in [0, 0.1) is 11.8 Å². The molecule has 5 aromatic carbocycles. The molecule has 0 aliphatic heterocycles. The Labute approximate surface area is 324 Å². The van der Waals surface area contributed by atoms with Crippen LogP contribution in [0.5, 0.6) is 17.2 Å². The molecule has 0 spiro atoms. The van der Waals surface area contributed by atoms with Crippen molar-refractivity contribution in [3.63, 3.8) is 0 Å². The first-order valence-electron chi connectivity index (χ1n) is 17.5. The van der Waals surface area contributed by atoms with Gasteiger partial charge < -0.3 is 13.9 Å². The minimum absolute atomic E-state index is 0.101. The number of sulfonamides is 1. The molecule has 0 aliphatic carbocycles. The molecule has 0 radical (unpaired) electrons. The van der Waals surface area contributed by atoms with Gasteiger partial charge in [-0.1, -0.05) is 130 Å². The second-order valence-electron chi connectivity index (χ2n) is 13.9. The van der Waals surface area contributed by atoms with Crippen molar-refractivity contribution >= 4 is 50.3 Å². The number of methoxy groups -OCH3 is 2. The first-order chi connectivity index (χ1) is 26.0. The summed E-state index contributed by atoms with van der Waals surface area (Å²) in [5.74, 6) is 8.64. The molecule has 0 N–H and O–H groups in total. The highest BCUT2D eigenvalue weighted by Crippen LogP contribution is 2.40. The molecule has 0 saturated heterocycles. The average molecular weight is 773 g/mol. The molecule has 1 aromatic heterocycles. The van der Waals surface area contributed by atoms with Crippen molar-refractivity contribution in [1.29, 1.82) is 0 Å². The van der Waals surface area contributed by atoms with Gasteiger partial charge in [0.15, 0.2) is 0 Å². The SMILES string of the molecule is C=CS(=O)(=O)N(Cc1cccc(CC#Cc2cc(O[Si](c3ccccc3)(c3ccccc3)C(C)(C)C)c3ncsc3c2)c1)Cc1ccc(OC)cc1OC. The molecule has 54 heavy (non-hydrogen) atoms. The summed E-state index contributed by atoms with van der Waals surface area (Å²) < 4.78 is 47.0. The van der Waals surface area contributed by atoms with Crippen LogP contribution in [0.4, 0.5) is 0 Å². The number of hydrogen-bond acceptors (Lipinski definition) is 7.